The molecule has 0 unspecified atom stereocenters. The summed E-state index contributed by atoms with van der Waals surface area (Å²) in [5, 5.41) is 0. The molecule has 0 fully saturated rings. The van der Waals surface area contributed by atoms with Gasteiger partial charge in [-0.3, -0.25) is 0 Å². The van der Waals surface area contributed by atoms with Gasteiger partial charge >= 0.3 is 0 Å². The maximum atomic E-state index is 5.56. The van der Waals surface area contributed by atoms with Crippen molar-refractivity contribution in [2.75, 3.05) is 0 Å². The fraction of sp³-hybridized carbons (Fsp3) is 0.400. The van der Waals surface area contributed by atoms with Gasteiger partial charge in [0.2, 0.25) is 11.6 Å². The molecule has 0 atom stereocenters. The minimum Gasteiger partial charge on any atom is -0.422 e. The van der Waals surface area contributed by atoms with Crippen LogP contribution in [0.1, 0.15) is 26.7 Å². The van der Waals surface area contributed by atoms with E-state index in [4.69, 9.17) is 4.42 Å². The van der Waals surface area contributed by atoms with Crippen molar-refractivity contribution in [2.24, 2.45) is 0 Å². The molecule has 0 N–H and O–H groups in total. The van der Waals surface area contributed by atoms with Gasteiger partial charge in [0.05, 0.1) is 0 Å². The lowest BCUT2D eigenvalue weighted by atomic mass is 9.97. The molecule has 2 rings (SSSR count). The first-order chi connectivity index (χ1) is 6.47. The third-order valence-corrected chi connectivity index (χ3v) is 2.30. The SMILES string of the molecule is CC(C)(C)c1nc2ccc(Br)nc2o1. The molecule has 2 aromatic heterocycles. The summed E-state index contributed by atoms with van der Waals surface area (Å²) in [7, 11) is 0. The van der Waals surface area contributed by atoms with E-state index in [2.05, 4.69) is 46.7 Å². The van der Waals surface area contributed by atoms with E-state index < -0.39 is 0 Å². The molecular formula is C10H11BrN2O. The zero-order chi connectivity index (χ0) is 10.3. The number of pyridine rings is 1. The van der Waals surface area contributed by atoms with E-state index in [0.717, 1.165) is 16.0 Å². The summed E-state index contributed by atoms with van der Waals surface area (Å²) < 4.78 is 6.33. The molecule has 0 aliphatic carbocycles. The lowest BCUT2D eigenvalue weighted by Gasteiger charge is -2.11. The van der Waals surface area contributed by atoms with Gasteiger partial charge in [0.25, 0.3) is 0 Å². The Morgan fingerprint density at radius 2 is 1.93 bits per heavy atom. The second-order valence-electron chi connectivity index (χ2n) is 4.23. The van der Waals surface area contributed by atoms with E-state index in [1.54, 1.807) is 0 Å². The Balaban J connectivity index is 2.63. The zero-order valence-electron chi connectivity index (χ0n) is 8.34. The largest absolute Gasteiger partial charge is 0.422 e. The van der Waals surface area contributed by atoms with Crippen molar-refractivity contribution in [3.63, 3.8) is 0 Å². The summed E-state index contributed by atoms with van der Waals surface area (Å²) in [6.45, 7) is 6.19. The molecule has 14 heavy (non-hydrogen) atoms. The van der Waals surface area contributed by atoms with Crippen LogP contribution in [0.2, 0.25) is 0 Å². The fourth-order valence-electron chi connectivity index (χ4n) is 1.12. The first-order valence-corrected chi connectivity index (χ1v) is 5.20. The topological polar surface area (TPSA) is 38.9 Å². The van der Waals surface area contributed by atoms with E-state index >= 15 is 0 Å². The highest BCUT2D eigenvalue weighted by Crippen LogP contribution is 2.25. The predicted octanol–water partition coefficient (Wildman–Crippen LogP) is 3.28. The Morgan fingerprint density at radius 3 is 2.57 bits per heavy atom. The number of hydrogen-bond acceptors (Lipinski definition) is 3. The van der Waals surface area contributed by atoms with Crippen molar-refractivity contribution < 1.29 is 4.42 Å². The Kier molecular flexibility index (Phi) is 2.10. The van der Waals surface area contributed by atoms with Gasteiger partial charge in [-0.15, -0.1) is 0 Å². The van der Waals surface area contributed by atoms with Crippen molar-refractivity contribution >= 4 is 27.2 Å². The molecule has 0 amide bonds. The van der Waals surface area contributed by atoms with Gasteiger partial charge in [-0.05, 0) is 28.1 Å². The van der Waals surface area contributed by atoms with Crippen molar-refractivity contribution in [1.82, 2.24) is 9.97 Å². The number of fused-ring (bicyclic) bond motifs is 1. The monoisotopic (exact) mass is 254 g/mol. The second kappa shape index (κ2) is 3.05. The summed E-state index contributed by atoms with van der Waals surface area (Å²) in [6, 6.07) is 3.75. The third-order valence-electron chi connectivity index (χ3n) is 1.86. The average Bonchev–Trinajstić information content (AvgIpc) is 2.45. The highest BCUT2D eigenvalue weighted by molar-refractivity contribution is 9.10. The van der Waals surface area contributed by atoms with Crippen LogP contribution in [-0.4, -0.2) is 9.97 Å². The van der Waals surface area contributed by atoms with Gasteiger partial charge in [0, 0.05) is 5.41 Å². The van der Waals surface area contributed by atoms with Crippen LogP contribution >= 0.6 is 15.9 Å². The predicted molar refractivity (Wildman–Crippen MR) is 58.2 cm³/mol. The molecule has 0 aromatic carbocycles. The lowest BCUT2D eigenvalue weighted by molar-refractivity contribution is 0.407. The van der Waals surface area contributed by atoms with Crippen molar-refractivity contribution in [1.29, 1.82) is 0 Å². The van der Waals surface area contributed by atoms with Crippen LogP contribution in [0.4, 0.5) is 0 Å². The van der Waals surface area contributed by atoms with E-state index in [1.165, 1.54) is 0 Å². The molecule has 0 radical (unpaired) electrons. The van der Waals surface area contributed by atoms with Crippen LogP contribution in [0.5, 0.6) is 0 Å². The summed E-state index contributed by atoms with van der Waals surface area (Å²) in [6.07, 6.45) is 0. The van der Waals surface area contributed by atoms with E-state index in [1.807, 2.05) is 12.1 Å². The van der Waals surface area contributed by atoms with E-state index in [9.17, 15) is 0 Å². The Labute approximate surface area is 90.7 Å². The smallest absolute Gasteiger partial charge is 0.248 e. The molecule has 2 heterocycles. The number of halogens is 1. The van der Waals surface area contributed by atoms with Crippen LogP contribution in [0.25, 0.3) is 11.2 Å². The number of nitrogens with zero attached hydrogens (tertiary/aromatic N) is 2. The van der Waals surface area contributed by atoms with Crippen LogP contribution in [0.15, 0.2) is 21.2 Å². The van der Waals surface area contributed by atoms with Crippen LogP contribution in [-0.2, 0) is 5.41 Å². The van der Waals surface area contributed by atoms with Crippen molar-refractivity contribution in [2.45, 2.75) is 26.2 Å². The highest BCUT2D eigenvalue weighted by atomic mass is 79.9. The van der Waals surface area contributed by atoms with Crippen LogP contribution in [0, 0.1) is 0 Å². The molecule has 0 aliphatic rings. The van der Waals surface area contributed by atoms with Gasteiger partial charge in [-0.1, -0.05) is 20.8 Å². The normalized spacial score (nSPS) is 12.3. The van der Waals surface area contributed by atoms with Crippen LogP contribution in [0.3, 0.4) is 0 Å². The van der Waals surface area contributed by atoms with Crippen molar-refractivity contribution in [3.05, 3.63) is 22.6 Å². The number of aromatic nitrogens is 2. The Bertz CT molecular complexity index is 470. The summed E-state index contributed by atoms with van der Waals surface area (Å²) >= 11 is 3.29. The lowest BCUT2D eigenvalue weighted by Crippen LogP contribution is -2.10. The quantitative estimate of drug-likeness (QED) is 0.678. The highest BCUT2D eigenvalue weighted by Gasteiger charge is 2.21. The zero-order valence-corrected chi connectivity index (χ0v) is 9.92. The van der Waals surface area contributed by atoms with E-state index in [0.29, 0.717) is 5.71 Å². The average molecular weight is 255 g/mol. The molecular weight excluding hydrogens is 244 g/mol. The Hall–Kier alpha value is -0.900. The van der Waals surface area contributed by atoms with Crippen molar-refractivity contribution in [3.8, 4) is 0 Å². The van der Waals surface area contributed by atoms with E-state index in [-0.39, 0.29) is 5.41 Å². The van der Waals surface area contributed by atoms with Gasteiger partial charge in [0.1, 0.15) is 10.1 Å². The Morgan fingerprint density at radius 1 is 1.21 bits per heavy atom. The minimum absolute atomic E-state index is 0.0762. The van der Waals surface area contributed by atoms with Gasteiger partial charge in [0.15, 0.2) is 0 Å². The fourth-order valence-corrected chi connectivity index (χ4v) is 1.41. The second-order valence-corrected chi connectivity index (χ2v) is 5.04. The van der Waals surface area contributed by atoms with Gasteiger partial charge < -0.3 is 4.42 Å². The molecule has 4 heteroatoms. The van der Waals surface area contributed by atoms with Gasteiger partial charge in [-0.25, -0.2) is 9.97 Å². The molecule has 2 aromatic rings. The maximum Gasteiger partial charge on any atom is 0.248 e. The van der Waals surface area contributed by atoms with Crippen LogP contribution < -0.4 is 0 Å². The standard InChI is InChI=1S/C10H11BrN2O/c1-10(2,3)9-12-6-4-5-7(11)13-8(6)14-9/h4-5H,1-3H3. The number of rotatable bonds is 0. The molecule has 74 valence electrons. The first-order valence-electron chi connectivity index (χ1n) is 4.40. The molecule has 3 nitrogen and oxygen atoms in total. The summed E-state index contributed by atoms with van der Waals surface area (Å²) in [4.78, 5) is 8.57. The molecule has 0 aliphatic heterocycles. The minimum atomic E-state index is -0.0762. The van der Waals surface area contributed by atoms with Gasteiger partial charge in [-0.2, -0.15) is 0 Å². The first kappa shape index (κ1) is 9.65. The summed E-state index contributed by atoms with van der Waals surface area (Å²) in [5.74, 6) is 0.720. The molecule has 0 bridgehead atoms. The third kappa shape index (κ3) is 1.66. The molecule has 0 saturated carbocycles. The number of oxazole rings is 1. The molecule has 0 spiro atoms. The number of hydrogen-bond donors (Lipinski definition) is 0. The molecule has 0 saturated heterocycles. The summed E-state index contributed by atoms with van der Waals surface area (Å²) in [5.41, 5.74) is 1.31. The maximum absolute atomic E-state index is 5.56.